The molecule has 0 saturated carbocycles. The largest absolute Gasteiger partial charge is 0.454 e. The van der Waals surface area contributed by atoms with Gasteiger partial charge in [0.1, 0.15) is 5.69 Å². The molecule has 0 unspecified atom stereocenters. The molecule has 1 aliphatic rings. The molecule has 6 nitrogen and oxygen atoms in total. The average Bonchev–Trinajstić information content (AvgIpc) is 3.10. The molecule has 0 bridgehead atoms. The minimum Gasteiger partial charge on any atom is -0.454 e. The number of rotatable bonds is 4. The van der Waals surface area contributed by atoms with E-state index in [0.717, 1.165) is 11.4 Å². The lowest BCUT2D eigenvalue weighted by molar-refractivity contribution is 0.102. The third kappa shape index (κ3) is 3.55. The van der Waals surface area contributed by atoms with Gasteiger partial charge in [-0.3, -0.25) is 9.78 Å². The highest BCUT2D eigenvalue weighted by Crippen LogP contribution is 2.34. The van der Waals surface area contributed by atoms with E-state index >= 15 is 0 Å². The second-order valence-corrected chi connectivity index (χ2v) is 6.02. The number of anilines is 3. The first-order chi connectivity index (χ1) is 12.7. The van der Waals surface area contributed by atoms with Crippen molar-refractivity contribution in [2.24, 2.45) is 0 Å². The minimum atomic E-state index is -0.321. The van der Waals surface area contributed by atoms with Crippen LogP contribution in [0.3, 0.4) is 0 Å². The number of halogens is 1. The van der Waals surface area contributed by atoms with Crippen LogP contribution in [-0.2, 0) is 0 Å². The second kappa shape index (κ2) is 6.93. The van der Waals surface area contributed by atoms with E-state index in [2.05, 4.69) is 15.6 Å². The molecule has 0 spiro atoms. The summed E-state index contributed by atoms with van der Waals surface area (Å²) < 4.78 is 10.6. The molecular weight excluding hydrogens is 354 g/mol. The SMILES string of the molecule is O=C(Nc1ccc2c(c1)OCO2)c1cc(Nc2cccc(Cl)c2)ccn1. The molecule has 0 radical (unpaired) electrons. The molecule has 26 heavy (non-hydrogen) atoms. The minimum absolute atomic E-state index is 0.186. The normalized spacial score (nSPS) is 11.9. The van der Waals surface area contributed by atoms with Gasteiger partial charge in [-0.25, -0.2) is 0 Å². The van der Waals surface area contributed by atoms with Crippen molar-refractivity contribution in [2.45, 2.75) is 0 Å². The van der Waals surface area contributed by atoms with Crippen LogP contribution in [0.1, 0.15) is 10.5 Å². The van der Waals surface area contributed by atoms with Crippen molar-refractivity contribution < 1.29 is 14.3 Å². The number of carbonyl (C=O) groups excluding carboxylic acids is 1. The van der Waals surface area contributed by atoms with Crippen LogP contribution in [0.25, 0.3) is 0 Å². The predicted molar refractivity (Wildman–Crippen MR) is 99.5 cm³/mol. The molecule has 4 rings (SSSR count). The van der Waals surface area contributed by atoms with Crippen molar-refractivity contribution in [3.63, 3.8) is 0 Å². The Morgan fingerprint density at radius 3 is 2.69 bits per heavy atom. The standard InChI is InChI=1S/C19H14ClN3O3/c20-12-2-1-3-13(8-12)22-15-6-7-21-16(9-15)19(24)23-14-4-5-17-18(10-14)26-11-25-17/h1-10H,11H2,(H,21,22)(H,23,24). The number of ether oxygens (including phenoxy) is 2. The van der Waals surface area contributed by atoms with Gasteiger partial charge in [0.2, 0.25) is 6.79 Å². The molecule has 0 saturated heterocycles. The number of pyridine rings is 1. The number of aromatic nitrogens is 1. The van der Waals surface area contributed by atoms with Gasteiger partial charge in [0.25, 0.3) is 5.91 Å². The van der Waals surface area contributed by atoms with E-state index in [1.54, 1.807) is 48.7 Å². The lowest BCUT2D eigenvalue weighted by atomic mass is 10.2. The van der Waals surface area contributed by atoms with E-state index < -0.39 is 0 Å². The third-order valence-corrected chi connectivity index (χ3v) is 3.97. The molecular formula is C19H14ClN3O3. The Hall–Kier alpha value is -3.25. The Morgan fingerprint density at radius 2 is 1.81 bits per heavy atom. The van der Waals surface area contributed by atoms with Crippen molar-refractivity contribution in [3.05, 3.63) is 71.5 Å². The molecule has 0 atom stereocenters. The van der Waals surface area contributed by atoms with Crippen molar-refractivity contribution in [3.8, 4) is 11.5 Å². The number of hydrogen-bond acceptors (Lipinski definition) is 5. The Kier molecular flexibility index (Phi) is 4.33. The Labute approximate surface area is 154 Å². The molecule has 1 aromatic heterocycles. The predicted octanol–water partition coefficient (Wildman–Crippen LogP) is 4.46. The topological polar surface area (TPSA) is 72.5 Å². The smallest absolute Gasteiger partial charge is 0.274 e. The highest BCUT2D eigenvalue weighted by Gasteiger charge is 2.15. The number of nitrogens with zero attached hydrogens (tertiary/aromatic N) is 1. The zero-order valence-corrected chi connectivity index (χ0v) is 14.3. The fourth-order valence-corrected chi connectivity index (χ4v) is 2.73. The van der Waals surface area contributed by atoms with E-state index in [-0.39, 0.29) is 18.4 Å². The van der Waals surface area contributed by atoms with Gasteiger partial charge in [0.05, 0.1) is 0 Å². The summed E-state index contributed by atoms with van der Waals surface area (Å²) in [6.45, 7) is 0.186. The Morgan fingerprint density at radius 1 is 0.962 bits per heavy atom. The maximum absolute atomic E-state index is 12.5. The summed E-state index contributed by atoms with van der Waals surface area (Å²) in [4.78, 5) is 16.6. The molecule has 0 aliphatic carbocycles. The molecule has 2 N–H and O–H groups in total. The maximum atomic E-state index is 12.5. The lowest BCUT2D eigenvalue weighted by Gasteiger charge is -2.09. The third-order valence-electron chi connectivity index (χ3n) is 3.74. The fraction of sp³-hybridized carbons (Fsp3) is 0.0526. The van der Waals surface area contributed by atoms with Gasteiger partial charge in [-0.1, -0.05) is 17.7 Å². The molecule has 130 valence electrons. The summed E-state index contributed by atoms with van der Waals surface area (Å²) in [7, 11) is 0. The fourth-order valence-electron chi connectivity index (χ4n) is 2.53. The first-order valence-corrected chi connectivity index (χ1v) is 8.25. The van der Waals surface area contributed by atoms with Crippen LogP contribution >= 0.6 is 11.6 Å². The van der Waals surface area contributed by atoms with Crippen LogP contribution < -0.4 is 20.1 Å². The van der Waals surface area contributed by atoms with Gasteiger partial charge >= 0.3 is 0 Å². The number of fused-ring (bicyclic) bond motifs is 1. The Balaban J connectivity index is 1.49. The van der Waals surface area contributed by atoms with Crippen molar-refractivity contribution in [1.29, 1.82) is 0 Å². The van der Waals surface area contributed by atoms with E-state index in [9.17, 15) is 4.79 Å². The van der Waals surface area contributed by atoms with E-state index in [1.165, 1.54) is 0 Å². The molecule has 0 fully saturated rings. The van der Waals surface area contributed by atoms with Gasteiger partial charge in [0.15, 0.2) is 11.5 Å². The quantitative estimate of drug-likeness (QED) is 0.712. The monoisotopic (exact) mass is 367 g/mol. The van der Waals surface area contributed by atoms with Crippen LogP contribution in [0.4, 0.5) is 17.1 Å². The summed E-state index contributed by atoms with van der Waals surface area (Å²) in [6, 6.07) is 16.0. The van der Waals surface area contributed by atoms with Crippen molar-refractivity contribution in [1.82, 2.24) is 4.98 Å². The van der Waals surface area contributed by atoms with Crippen LogP contribution in [0, 0.1) is 0 Å². The average molecular weight is 368 g/mol. The van der Waals surface area contributed by atoms with Gasteiger partial charge in [-0.15, -0.1) is 0 Å². The van der Waals surface area contributed by atoms with E-state index in [4.69, 9.17) is 21.1 Å². The number of nitrogens with one attached hydrogen (secondary N) is 2. The molecule has 1 aliphatic heterocycles. The second-order valence-electron chi connectivity index (χ2n) is 5.59. The summed E-state index contributed by atoms with van der Waals surface area (Å²) >= 11 is 5.99. The van der Waals surface area contributed by atoms with Crippen LogP contribution in [0.5, 0.6) is 11.5 Å². The molecule has 2 heterocycles. The van der Waals surface area contributed by atoms with Crippen molar-refractivity contribution in [2.75, 3.05) is 17.4 Å². The molecule has 1 amide bonds. The van der Waals surface area contributed by atoms with Crippen molar-refractivity contribution >= 4 is 34.6 Å². The van der Waals surface area contributed by atoms with Gasteiger partial charge in [-0.2, -0.15) is 0 Å². The van der Waals surface area contributed by atoms with Crippen LogP contribution in [-0.4, -0.2) is 17.7 Å². The zero-order valence-electron chi connectivity index (χ0n) is 13.5. The van der Waals surface area contributed by atoms with E-state index in [1.807, 2.05) is 12.1 Å². The highest BCUT2D eigenvalue weighted by molar-refractivity contribution is 6.30. The molecule has 2 aromatic carbocycles. The summed E-state index contributed by atoms with van der Waals surface area (Å²) in [5.74, 6) is 0.944. The first kappa shape index (κ1) is 16.2. The lowest BCUT2D eigenvalue weighted by Crippen LogP contribution is -2.13. The van der Waals surface area contributed by atoms with Gasteiger partial charge < -0.3 is 20.1 Å². The number of amides is 1. The molecule has 3 aromatic rings. The molecule has 7 heteroatoms. The Bertz CT molecular complexity index is 978. The number of hydrogen-bond donors (Lipinski definition) is 2. The summed E-state index contributed by atoms with van der Waals surface area (Å²) in [5, 5.41) is 6.63. The van der Waals surface area contributed by atoms with Crippen LogP contribution in [0.2, 0.25) is 5.02 Å². The summed E-state index contributed by atoms with van der Waals surface area (Å²) in [6.07, 6.45) is 1.57. The van der Waals surface area contributed by atoms with Gasteiger partial charge in [-0.05, 0) is 42.5 Å². The van der Waals surface area contributed by atoms with E-state index in [0.29, 0.717) is 22.2 Å². The number of carbonyl (C=O) groups is 1. The maximum Gasteiger partial charge on any atom is 0.274 e. The zero-order chi connectivity index (χ0) is 17.9. The van der Waals surface area contributed by atoms with Gasteiger partial charge in [0, 0.05) is 34.3 Å². The highest BCUT2D eigenvalue weighted by atomic mass is 35.5. The number of benzene rings is 2. The first-order valence-electron chi connectivity index (χ1n) is 7.87. The summed E-state index contributed by atoms with van der Waals surface area (Å²) in [5.41, 5.74) is 2.45. The van der Waals surface area contributed by atoms with Crippen LogP contribution in [0.15, 0.2) is 60.8 Å².